The first-order chi connectivity index (χ1) is 10.9. The number of aromatic nitrogens is 1. The van der Waals surface area contributed by atoms with Crippen molar-refractivity contribution in [2.45, 2.75) is 24.9 Å². The summed E-state index contributed by atoms with van der Waals surface area (Å²) in [6.07, 6.45) is 2.54. The molecule has 3 rings (SSSR count). The number of urea groups is 1. The van der Waals surface area contributed by atoms with E-state index in [1.165, 1.54) is 4.90 Å². The van der Waals surface area contributed by atoms with Crippen LogP contribution in [0, 0.1) is 0 Å². The molecule has 0 aliphatic carbocycles. The topological polar surface area (TPSA) is 120 Å². The molecule has 1 aromatic rings. The van der Waals surface area contributed by atoms with Crippen LogP contribution in [-0.4, -0.2) is 93.8 Å². The van der Waals surface area contributed by atoms with Crippen LogP contribution < -0.4 is 5.32 Å². The fraction of sp³-hybridized carbons (Fsp3) is 0.462. The molecule has 9 nitrogen and oxygen atoms in total. The second-order valence-corrected chi connectivity index (χ2v) is 6.70. The van der Waals surface area contributed by atoms with Crippen molar-refractivity contribution in [1.29, 1.82) is 0 Å². The minimum atomic E-state index is -4.55. The fourth-order valence-electron chi connectivity index (χ4n) is 2.99. The second kappa shape index (κ2) is 7.36. The quantitative estimate of drug-likeness (QED) is 0.404. The second-order valence-electron chi connectivity index (χ2n) is 5.41. The first-order valence-corrected chi connectivity index (χ1v) is 8.54. The molecular weight excluding hydrogens is 347 g/mol. The number of rotatable bonds is 4. The summed E-state index contributed by atoms with van der Waals surface area (Å²) in [7, 11) is -4.55. The number of likely N-dealkylation sites (tertiary alicyclic amines) is 1. The van der Waals surface area contributed by atoms with Gasteiger partial charge in [-0.1, -0.05) is 6.07 Å². The normalized spacial score (nSPS) is 22.5. The predicted molar refractivity (Wildman–Crippen MR) is 84.4 cm³/mol. The molecule has 0 aromatic carbocycles. The van der Waals surface area contributed by atoms with E-state index < -0.39 is 34.3 Å². The molecule has 2 aliphatic heterocycles. The molecule has 0 spiro atoms. The van der Waals surface area contributed by atoms with Gasteiger partial charge in [-0.15, -0.1) is 0 Å². The van der Waals surface area contributed by atoms with Crippen LogP contribution >= 0.6 is 0 Å². The van der Waals surface area contributed by atoms with E-state index in [1.807, 2.05) is 12.1 Å². The molecule has 0 bridgehead atoms. The summed E-state index contributed by atoms with van der Waals surface area (Å²) < 4.78 is 31.7. The molecule has 0 saturated carbocycles. The number of nitrogens with one attached hydrogen (secondary N) is 1. The van der Waals surface area contributed by atoms with E-state index in [0.29, 0.717) is 23.7 Å². The Balaban J connectivity index is 0.00000208. The van der Waals surface area contributed by atoms with E-state index in [2.05, 4.69) is 10.3 Å². The van der Waals surface area contributed by atoms with E-state index >= 15 is 0 Å². The molecule has 3 amide bonds. The van der Waals surface area contributed by atoms with Gasteiger partial charge in [0.1, 0.15) is 6.04 Å². The van der Waals surface area contributed by atoms with Crippen LogP contribution in [0.2, 0.25) is 0 Å². The number of carbonyl (C=O) groups is 2. The van der Waals surface area contributed by atoms with Gasteiger partial charge in [0.05, 0.1) is 6.04 Å². The van der Waals surface area contributed by atoms with Gasteiger partial charge in [0.2, 0.25) is 0 Å². The van der Waals surface area contributed by atoms with Crippen LogP contribution in [0.5, 0.6) is 0 Å². The molecule has 2 fully saturated rings. The van der Waals surface area contributed by atoms with Gasteiger partial charge in [-0.3, -0.25) is 14.3 Å². The van der Waals surface area contributed by atoms with Gasteiger partial charge in [-0.2, -0.15) is 8.42 Å². The van der Waals surface area contributed by atoms with Crippen molar-refractivity contribution in [3.8, 4) is 0 Å². The van der Waals surface area contributed by atoms with Gasteiger partial charge in [-0.05, 0) is 18.6 Å². The average Bonchev–Trinajstić information content (AvgIpc) is 2.85. The smallest absolute Gasteiger partial charge is 0.338 e. The Labute approximate surface area is 161 Å². The molecule has 3 heterocycles. The Bertz CT molecular complexity index is 729. The van der Waals surface area contributed by atoms with Crippen molar-refractivity contribution in [3.05, 3.63) is 30.1 Å². The Morgan fingerprint density at radius 3 is 2.79 bits per heavy atom. The van der Waals surface area contributed by atoms with Gasteiger partial charge in [0.25, 0.3) is 5.91 Å². The number of nitrogens with zero attached hydrogens (tertiary/aromatic N) is 3. The van der Waals surface area contributed by atoms with E-state index in [9.17, 15) is 18.0 Å². The van der Waals surface area contributed by atoms with Crippen molar-refractivity contribution in [1.82, 2.24) is 19.5 Å². The van der Waals surface area contributed by atoms with Gasteiger partial charge in [0, 0.05) is 61.0 Å². The van der Waals surface area contributed by atoms with Crippen LogP contribution in [-0.2, 0) is 21.5 Å². The number of carbonyl (C=O) groups excluding carboxylic acids is 2. The maximum Gasteiger partial charge on any atom is 0.362 e. The summed E-state index contributed by atoms with van der Waals surface area (Å²) in [5.41, 5.74) is 0.837. The molecule has 24 heavy (non-hydrogen) atoms. The van der Waals surface area contributed by atoms with Crippen molar-refractivity contribution in [2.24, 2.45) is 0 Å². The molecule has 2 N–H and O–H groups in total. The monoisotopic (exact) mass is 363 g/mol. The van der Waals surface area contributed by atoms with Crippen molar-refractivity contribution in [3.63, 3.8) is 0 Å². The van der Waals surface area contributed by atoms with Crippen LogP contribution in [0.1, 0.15) is 12.1 Å². The van der Waals surface area contributed by atoms with Gasteiger partial charge in [-0.25, -0.2) is 9.10 Å². The number of hydrogen-bond acceptors (Lipinski definition) is 5. The van der Waals surface area contributed by atoms with E-state index in [-0.39, 0.29) is 36.1 Å². The Kier molecular flexibility index (Phi) is 5.87. The number of hydrogen-bond donors (Lipinski definition) is 2. The van der Waals surface area contributed by atoms with Crippen LogP contribution in [0.4, 0.5) is 4.79 Å². The summed E-state index contributed by atoms with van der Waals surface area (Å²) in [4.78, 5) is 29.4. The van der Waals surface area contributed by atoms with Crippen LogP contribution in [0.25, 0.3) is 0 Å². The molecule has 11 heteroatoms. The third-order valence-corrected chi connectivity index (χ3v) is 4.98. The Morgan fingerprint density at radius 1 is 1.42 bits per heavy atom. The van der Waals surface area contributed by atoms with Gasteiger partial charge >= 0.3 is 16.3 Å². The molecule has 1 radical (unpaired) electrons. The molecule has 1 aromatic heterocycles. The van der Waals surface area contributed by atoms with Gasteiger partial charge < -0.3 is 10.2 Å². The molecule has 2 atom stereocenters. The van der Waals surface area contributed by atoms with Crippen LogP contribution in [0.15, 0.2) is 24.4 Å². The first kappa shape index (κ1) is 19.1. The molecule has 125 valence electrons. The zero-order valence-electron chi connectivity index (χ0n) is 13.1. The van der Waals surface area contributed by atoms with Gasteiger partial charge in [0.15, 0.2) is 0 Å². The summed E-state index contributed by atoms with van der Waals surface area (Å²) in [5, 5.41) is 2.70. The van der Waals surface area contributed by atoms with E-state index in [1.54, 1.807) is 12.3 Å². The largest absolute Gasteiger partial charge is 0.362 e. The standard InChI is InChI=1S/C13H16N4O5S.Na/c18-12-11-10(17(12)23(20,21)22)5-8-16(11)13(19)15-7-4-9-3-1-2-6-14-9;/h1-3,6,10-11H,4-5,7-8H2,(H,15,19)(H,20,21,22);/t10-,11+;/m1./s1. The zero-order chi connectivity index (χ0) is 16.6. The van der Waals surface area contributed by atoms with E-state index in [4.69, 9.17) is 4.55 Å². The Morgan fingerprint density at radius 2 is 2.17 bits per heavy atom. The zero-order valence-corrected chi connectivity index (χ0v) is 15.9. The summed E-state index contributed by atoms with van der Waals surface area (Å²) in [6, 6.07) is 3.60. The third-order valence-electron chi connectivity index (χ3n) is 4.03. The van der Waals surface area contributed by atoms with Crippen molar-refractivity contribution in [2.75, 3.05) is 13.1 Å². The van der Waals surface area contributed by atoms with Crippen LogP contribution in [0.3, 0.4) is 0 Å². The Hall–Kier alpha value is -1.20. The third kappa shape index (κ3) is 3.57. The maximum absolute atomic E-state index is 12.1. The summed E-state index contributed by atoms with van der Waals surface area (Å²) >= 11 is 0. The summed E-state index contributed by atoms with van der Waals surface area (Å²) in [6.45, 7) is 0.627. The first-order valence-electron chi connectivity index (χ1n) is 7.14. The van der Waals surface area contributed by atoms with Crippen molar-refractivity contribution < 1.29 is 22.6 Å². The molecule has 0 unspecified atom stereocenters. The minimum Gasteiger partial charge on any atom is -0.338 e. The SMILES string of the molecule is O=C(NCCc1ccccn1)N1CC[C@@H]2[C@H]1C(=O)N2S(=O)(=O)O.[Na]. The molecule has 2 aliphatic rings. The number of β-lactam (4-membered cyclic amide) rings is 1. The average molecular weight is 363 g/mol. The fourth-order valence-corrected chi connectivity index (χ4v) is 3.89. The minimum absolute atomic E-state index is 0. The predicted octanol–water partition coefficient (Wildman–Crippen LogP) is -0.959. The van der Waals surface area contributed by atoms with Crippen molar-refractivity contribution >= 4 is 51.8 Å². The number of fused-ring (bicyclic) bond motifs is 1. The maximum atomic E-state index is 12.1. The number of amides is 3. The molecular formula is C13H16N4NaO5S. The molecule has 2 saturated heterocycles. The summed E-state index contributed by atoms with van der Waals surface area (Å²) in [5.74, 6) is -0.769. The number of pyridine rings is 1. The van der Waals surface area contributed by atoms with E-state index in [0.717, 1.165) is 5.69 Å².